The number of alkyl halides is 3. The van der Waals surface area contributed by atoms with Crippen molar-refractivity contribution in [2.75, 3.05) is 12.0 Å². The highest BCUT2D eigenvalue weighted by atomic mass is 32.2. The van der Waals surface area contributed by atoms with E-state index in [0.29, 0.717) is 41.4 Å². The summed E-state index contributed by atoms with van der Waals surface area (Å²) in [5, 5.41) is 0.502. The highest BCUT2D eigenvalue weighted by molar-refractivity contribution is 7.99. The van der Waals surface area contributed by atoms with Gasteiger partial charge in [0.05, 0.1) is 16.2 Å². The maximum atomic E-state index is 13.4. The Morgan fingerprint density at radius 3 is 2.31 bits per heavy atom. The van der Waals surface area contributed by atoms with E-state index in [4.69, 9.17) is 4.18 Å². The van der Waals surface area contributed by atoms with E-state index in [1.54, 1.807) is 0 Å². The Bertz CT molecular complexity index is 1100. The van der Waals surface area contributed by atoms with E-state index in [0.717, 1.165) is 47.4 Å². The molecule has 0 saturated heterocycles. The lowest BCUT2D eigenvalue weighted by atomic mass is 9.79. The fraction of sp³-hybridized carbons (Fsp3) is 0.462. The molecule has 0 fully saturated rings. The van der Waals surface area contributed by atoms with Gasteiger partial charge in [-0.25, -0.2) is 9.19 Å². The van der Waals surface area contributed by atoms with E-state index < -0.39 is 22.8 Å². The standard InChI is InChI=1S/C26H30F3NO3S2/c1-5-18-11-16(3)12-19(6-2)24(18)25-21(31)13-17(14-22(25)33-35(4)32)9-10-34-23-8-7-20(15-30-23)26(27,28)29/h7-8,11-12,15,17H,5-6,9-10,13-14H2,1-4H3. The Morgan fingerprint density at radius 1 is 1.14 bits per heavy atom. The third kappa shape index (κ3) is 6.97. The molecule has 1 heterocycles. The van der Waals surface area contributed by atoms with Crippen LogP contribution < -0.4 is 0 Å². The third-order valence-corrected chi connectivity index (χ3v) is 7.43. The second kappa shape index (κ2) is 11.7. The summed E-state index contributed by atoms with van der Waals surface area (Å²) in [7, 11) is 0. The molecule has 2 aromatic rings. The third-order valence-electron chi connectivity index (χ3n) is 6.02. The minimum Gasteiger partial charge on any atom is -0.404 e. The molecule has 1 aromatic heterocycles. The Morgan fingerprint density at radius 2 is 1.80 bits per heavy atom. The lowest BCUT2D eigenvalue weighted by Gasteiger charge is -2.28. The highest BCUT2D eigenvalue weighted by Gasteiger charge is 2.33. The lowest BCUT2D eigenvalue weighted by Crippen LogP contribution is -2.22. The van der Waals surface area contributed by atoms with Crippen LogP contribution in [0.25, 0.3) is 5.57 Å². The topological polar surface area (TPSA) is 56.3 Å². The van der Waals surface area contributed by atoms with Crippen LogP contribution in [0.15, 0.2) is 41.2 Å². The first-order valence-electron chi connectivity index (χ1n) is 11.6. The SMILES string of the molecule is CCc1cc(C)cc(CC)c1C1=C(OS(C)=O)CC(CCSc2ccc(C(F)(F)F)cn2)CC1=O. The number of carbonyl (C=O) groups is 1. The number of hydrogen-bond acceptors (Lipinski definition) is 5. The zero-order valence-corrected chi connectivity index (χ0v) is 22.0. The smallest absolute Gasteiger partial charge is 0.404 e. The average Bonchev–Trinajstić information content (AvgIpc) is 2.78. The van der Waals surface area contributed by atoms with Crippen LogP contribution in [-0.4, -0.2) is 27.0 Å². The number of allylic oxidation sites excluding steroid dienone is 2. The molecule has 0 bridgehead atoms. The normalized spacial score (nSPS) is 17.6. The fourth-order valence-electron chi connectivity index (χ4n) is 4.44. The molecule has 2 unspecified atom stereocenters. The Labute approximate surface area is 211 Å². The largest absolute Gasteiger partial charge is 0.417 e. The summed E-state index contributed by atoms with van der Waals surface area (Å²) in [5.41, 5.74) is 3.97. The van der Waals surface area contributed by atoms with Crippen molar-refractivity contribution in [1.29, 1.82) is 0 Å². The number of thioether (sulfide) groups is 1. The maximum Gasteiger partial charge on any atom is 0.417 e. The Kier molecular flexibility index (Phi) is 9.21. The van der Waals surface area contributed by atoms with Gasteiger partial charge in [0.25, 0.3) is 0 Å². The summed E-state index contributed by atoms with van der Waals surface area (Å²) in [5.74, 6) is 1.04. The molecule has 0 N–H and O–H groups in total. The number of ketones is 1. The zero-order valence-electron chi connectivity index (χ0n) is 20.3. The van der Waals surface area contributed by atoms with Crippen molar-refractivity contribution in [1.82, 2.24) is 4.98 Å². The number of halogens is 3. The van der Waals surface area contributed by atoms with Gasteiger partial charge in [0, 0.05) is 25.3 Å². The maximum absolute atomic E-state index is 13.4. The van der Waals surface area contributed by atoms with Crippen molar-refractivity contribution < 1.29 is 26.4 Å². The van der Waals surface area contributed by atoms with Crippen LogP contribution in [0.4, 0.5) is 13.2 Å². The number of nitrogens with zero attached hydrogens (tertiary/aromatic N) is 1. The second-order valence-corrected chi connectivity index (χ2v) is 10.8. The van der Waals surface area contributed by atoms with Crippen molar-refractivity contribution in [2.45, 2.75) is 64.1 Å². The molecular formula is C26H30F3NO3S2. The van der Waals surface area contributed by atoms with E-state index >= 15 is 0 Å². The lowest BCUT2D eigenvalue weighted by molar-refractivity contribution is -0.137. The molecule has 4 nitrogen and oxygen atoms in total. The first-order chi connectivity index (χ1) is 16.5. The number of hydrogen-bond donors (Lipinski definition) is 0. The number of aromatic nitrogens is 1. The number of benzene rings is 1. The molecule has 0 spiro atoms. The molecule has 35 heavy (non-hydrogen) atoms. The first-order valence-corrected chi connectivity index (χ1v) is 14.1. The van der Waals surface area contributed by atoms with Gasteiger partial charge in [-0.15, -0.1) is 11.8 Å². The van der Waals surface area contributed by atoms with Crippen molar-refractivity contribution in [3.8, 4) is 0 Å². The van der Waals surface area contributed by atoms with Crippen molar-refractivity contribution in [3.05, 3.63) is 64.0 Å². The number of aryl methyl sites for hydroxylation is 3. The minimum absolute atomic E-state index is 0.00708. The van der Waals surface area contributed by atoms with Crippen LogP contribution in [0.1, 0.15) is 60.9 Å². The summed E-state index contributed by atoms with van der Waals surface area (Å²) in [6.45, 7) is 6.15. The van der Waals surface area contributed by atoms with E-state index in [-0.39, 0.29) is 11.7 Å². The van der Waals surface area contributed by atoms with Gasteiger partial charge in [-0.2, -0.15) is 13.2 Å². The summed E-state index contributed by atoms with van der Waals surface area (Å²) < 4.78 is 55.9. The van der Waals surface area contributed by atoms with Gasteiger partial charge in [0.1, 0.15) is 5.76 Å². The Balaban J connectivity index is 1.81. The predicted molar refractivity (Wildman–Crippen MR) is 134 cm³/mol. The minimum atomic E-state index is -4.41. The second-order valence-electron chi connectivity index (χ2n) is 8.67. The van der Waals surface area contributed by atoms with Gasteiger partial charge < -0.3 is 4.18 Å². The van der Waals surface area contributed by atoms with Gasteiger partial charge in [-0.3, -0.25) is 4.79 Å². The molecule has 0 amide bonds. The molecule has 1 aliphatic rings. The van der Waals surface area contributed by atoms with Gasteiger partial charge in [0.15, 0.2) is 5.78 Å². The average molecular weight is 526 g/mol. The van der Waals surface area contributed by atoms with E-state index in [1.165, 1.54) is 24.1 Å². The molecule has 190 valence electrons. The summed E-state index contributed by atoms with van der Waals surface area (Å²) in [6.07, 6.45) is 0.897. The summed E-state index contributed by atoms with van der Waals surface area (Å²) in [6, 6.07) is 6.57. The molecule has 0 saturated carbocycles. The van der Waals surface area contributed by atoms with Crippen LogP contribution in [-0.2, 0) is 39.1 Å². The molecule has 3 rings (SSSR count). The zero-order chi connectivity index (χ0) is 25.8. The van der Waals surface area contributed by atoms with Gasteiger partial charge in [-0.1, -0.05) is 31.5 Å². The number of rotatable bonds is 9. The number of Topliss-reactive ketones (excluding diaryl/α,β-unsaturated/α-hetero) is 1. The number of carbonyl (C=O) groups excluding carboxylic acids is 1. The van der Waals surface area contributed by atoms with Crippen molar-refractivity contribution in [3.63, 3.8) is 0 Å². The van der Waals surface area contributed by atoms with Crippen LogP contribution in [0.2, 0.25) is 0 Å². The van der Waals surface area contributed by atoms with Crippen molar-refractivity contribution in [2.24, 2.45) is 5.92 Å². The van der Waals surface area contributed by atoms with Crippen LogP contribution in [0.5, 0.6) is 0 Å². The quantitative estimate of drug-likeness (QED) is 0.340. The van der Waals surface area contributed by atoms with Crippen LogP contribution >= 0.6 is 11.8 Å². The molecule has 1 aromatic carbocycles. The van der Waals surface area contributed by atoms with E-state index in [1.807, 2.05) is 6.92 Å². The van der Waals surface area contributed by atoms with Gasteiger partial charge >= 0.3 is 6.18 Å². The molecule has 1 aliphatic carbocycles. The summed E-state index contributed by atoms with van der Waals surface area (Å²) in [4.78, 5) is 17.3. The Hall–Kier alpha value is -2.13. The predicted octanol–water partition coefficient (Wildman–Crippen LogP) is 6.72. The fourth-order valence-corrected chi connectivity index (χ4v) is 5.83. The molecular weight excluding hydrogens is 495 g/mol. The summed E-state index contributed by atoms with van der Waals surface area (Å²) >= 11 is -0.217. The molecule has 0 aliphatic heterocycles. The van der Waals surface area contributed by atoms with Gasteiger partial charge in [-0.05, 0) is 66.7 Å². The highest BCUT2D eigenvalue weighted by Crippen LogP contribution is 2.39. The van der Waals surface area contributed by atoms with E-state index in [2.05, 4.69) is 31.0 Å². The monoisotopic (exact) mass is 525 g/mol. The molecule has 9 heteroatoms. The van der Waals surface area contributed by atoms with E-state index in [9.17, 15) is 22.2 Å². The molecule has 0 radical (unpaired) electrons. The van der Waals surface area contributed by atoms with Gasteiger partial charge in [0.2, 0.25) is 11.1 Å². The first kappa shape index (κ1) is 27.5. The van der Waals surface area contributed by atoms with Crippen LogP contribution in [0, 0.1) is 12.8 Å². The van der Waals surface area contributed by atoms with Crippen molar-refractivity contribution >= 4 is 34.2 Å². The molecule has 2 atom stereocenters. The van der Waals surface area contributed by atoms with Crippen LogP contribution in [0.3, 0.4) is 0 Å². The number of pyridine rings is 1.